The molecule has 0 N–H and O–H groups in total. The van der Waals surface area contributed by atoms with Gasteiger partial charge in [0.25, 0.3) is 0 Å². The van der Waals surface area contributed by atoms with Gasteiger partial charge in [0, 0.05) is 27.5 Å². The van der Waals surface area contributed by atoms with E-state index in [9.17, 15) is 0 Å². The van der Waals surface area contributed by atoms with Gasteiger partial charge >= 0.3 is 0 Å². The van der Waals surface area contributed by atoms with Crippen LogP contribution in [0.15, 0.2) is 180 Å². The van der Waals surface area contributed by atoms with Crippen LogP contribution < -0.4 is 0 Å². The first-order valence-corrected chi connectivity index (χ1v) is 17.9. The number of furan rings is 1. The molecule has 0 spiro atoms. The lowest BCUT2D eigenvalue weighted by Crippen LogP contribution is -2.00. The van der Waals surface area contributed by atoms with Crippen LogP contribution in [-0.2, 0) is 0 Å². The minimum absolute atomic E-state index is 0.606. The van der Waals surface area contributed by atoms with Gasteiger partial charge in [-0.25, -0.2) is 15.0 Å². The number of hydrogen-bond acceptors (Lipinski definition) is 4. The molecule has 0 amide bonds. The highest BCUT2D eigenvalue weighted by Crippen LogP contribution is 2.51. The van der Waals surface area contributed by atoms with Crippen LogP contribution in [0.5, 0.6) is 0 Å². The summed E-state index contributed by atoms with van der Waals surface area (Å²) < 4.78 is 6.65. The Morgan fingerprint density at radius 3 is 1.42 bits per heavy atom. The number of fused-ring (bicyclic) bond motifs is 7. The lowest BCUT2D eigenvalue weighted by atomic mass is 9.96. The summed E-state index contributed by atoms with van der Waals surface area (Å²) in [5.74, 6) is 1.85. The van der Waals surface area contributed by atoms with Crippen LogP contribution in [0.3, 0.4) is 0 Å². The van der Waals surface area contributed by atoms with Crippen molar-refractivity contribution in [2.75, 3.05) is 0 Å². The van der Waals surface area contributed by atoms with E-state index in [1.165, 1.54) is 44.2 Å². The summed E-state index contributed by atoms with van der Waals surface area (Å²) in [6.07, 6.45) is 0. The Balaban J connectivity index is 1.06. The van der Waals surface area contributed by atoms with Crippen LogP contribution in [0.25, 0.3) is 111 Å². The molecule has 8 aromatic carbocycles. The molecule has 0 bridgehead atoms. The van der Waals surface area contributed by atoms with Gasteiger partial charge in [-0.05, 0) is 67.4 Å². The van der Waals surface area contributed by atoms with Crippen molar-refractivity contribution in [2.24, 2.45) is 0 Å². The third-order valence-electron chi connectivity index (χ3n) is 10.5. The van der Waals surface area contributed by atoms with Crippen LogP contribution >= 0.6 is 0 Å². The zero-order valence-corrected chi connectivity index (χ0v) is 28.5. The van der Waals surface area contributed by atoms with E-state index in [1.807, 2.05) is 48.5 Å². The van der Waals surface area contributed by atoms with Crippen molar-refractivity contribution in [3.8, 4) is 78.7 Å². The third kappa shape index (κ3) is 4.73. The second-order valence-electron chi connectivity index (χ2n) is 13.5. The first-order chi connectivity index (χ1) is 26.3. The van der Waals surface area contributed by atoms with Gasteiger partial charge in [-0.2, -0.15) is 0 Å². The second-order valence-corrected chi connectivity index (χ2v) is 13.5. The Morgan fingerprint density at radius 2 is 0.755 bits per heavy atom. The summed E-state index contributed by atoms with van der Waals surface area (Å²) in [6, 6.07) is 61.4. The van der Waals surface area contributed by atoms with E-state index in [4.69, 9.17) is 19.4 Å². The standard InChI is InChI=1S/C49H29N3O/c1-3-11-30(12-4-1)31-21-23-32(24-22-31)33-25-27-35(28-26-33)48-50-47(34-13-5-2-6-14-34)51-49(52-48)40-19-10-20-42-46(40)45-39-18-9-17-38-36-15-7-8-16-37(36)41(44(38)39)29-43(45)53-42/h1-29H. The number of nitrogens with zero attached hydrogens (tertiary/aromatic N) is 3. The second kappa shape index (κ2) is 11.7. The molecule has 4 nitrogen and oxygen atoms in total. The highest BCUT2D eigenvalue weighted by Gasteiger charge is 2.26. The summed E-state index contributed by atoms with van der Waals surface area (Å²) in [5, 5.41) is 4.51. The monoisotopic (exact) mass is 675 g/mol. The zero-order chi connectivity index (χ0) is 34.9. The van der Waals surface area contributed by atoms with Crippen molar-refractivity contribution in [3.63, 3.8) is 0 Å². The summed E-state index contributed by atoms with van der Waals surface area (Å²) in [7, 11) is 0. The molecule has 0 radical (unpaired) electrons. The SMILES string of the molecule is c1ccc(-c2ccc(-c3ccc(-c4nc(-c5ccccc5)nc(-c5cccc6oc7cc8c9c(cccc9c7c56)-c5ccccc5-8)n4)cc3)cc2)cc1. The Morgan fingerprint density at radius 1 is 0.283 bits per heavy atom. The van der Waals surface area contributed by atoms with Gasteiger partial charge < -0.3 is 4.42 Å². The minimum atomic E-state index is 0.606. The maximum atomic E-state index is 6.65. The predicted molar refractivity (Wildman–Crippen MR) is 216 cm³/mol. The topological polar surface area (TPSA) is 51.8 Å². The highest BCUT2D eigenvalue weighted by molar-refractivity contribution is 6.29. The van der Waals surface area contributed by atoms with E-state index in [1.54, 1.807) is 0 Å². The van der Waals surface area contributed by atoms with Gasteiger partial charge in [0.2, 0.25) is 0 Å². The molecule has 0 unspecified atom stereocenters. The van der Waals surface area contributed by atoms with Gasteiger partial charge in [0.05, 0.1) is 0 Å². The molecule has 0 aliphatic heterocycles. The summed E-state index contributed by atoms with van der Waals surface area (Å²) in [6.45, 7) is 0. The molecular weight excluding hydrogens is 647 g/mol. The van der Waals surface area contributed by atoms with Crippen molar-refractivity contribution >= 4 is 32.7 Å². The van der Waals surface area contributed by atoms with Crippen molar-refractivity contribution in [2.45, 2.75) is 0 Å². The van der Waals surface area contributed by atoms with Gasteiger partial charge in [0.15, 0.2) is 17.5 Å². The van der Waals surface area contributed by atoms with Gasteiger partial charge in [-0.15, -0.1) is 0 Å². The van der Waals surface area contributed by atoms with Crippen molar-refractivity contribution in [3.05, 3.63) is 176 Å². The molecule has 0 fully saturated rings. The fourth-order valence-electron chi connectivity index (χ4n) is 8.01. The lowest BCUT2D eigenvalue weighted by molar-refractivity contribution is 0.669. The Kier molecular flexibility index (Phi) is 6.52. The van der Waals surface area contributed by atoms with Gasteiger partial charge in [-0.3, -0.25) is 0 Å². The fourth-order valence-corrected chi connectivity index (χ4v) is 8.01. The Bertz CT molecular complexity index is 3020. The number of benzene rings is 8. The molecule has 0 saturated carbocycles. The molecule has 10 aromatic rings. The van der Waals surface area contributed by atoms with E-state index in [0.29, 0.717) is 17.5 Å². The zero-order valence-electron chi connectivity index (χ0n) is 28.5. The third-order valence-corrected chi connectivity index (χ3v) is 10.5. The fraction of sp³-hybridized carbons (Fsp3) is 0. The van der Waals surface area contributed by atoms with Crippen LogP contribution in [-0.4, -0.2) is 15.0 Å². The molecule has 53 heavy (non-hydrogen) atoms. The average Bonchev–Trinajstić information content (AvgIpc) is 3.78. The molecule has 2 aromatic heterocycles. The van der Waals surface area contributed by atoms with Gasteiger partial charge in [0.1, 0.15) is 11.2 Å². The number of hydrogen-bond donors (Lipinski definition) is 0. The number of aromatic nitrogens is 3. The molecule has 2 heterocycles. The highest BCUT2D eigenvalue weighted by atomic mass is 16.3. The molecular formula is C49H29N3O. The molecule has 11 rings (SSSR count). The smallest absolute Gasteiger partial charge is 0.164 e. The first-order valence-electron chi connectivity index (χ1n) is 17.9. The summed E-state index contributed by atoms with van der Waals surface area (Å²) in [5.41, 5.74) is 14.1. The maximum absolute atomic E-state index is 6.65. The van der Waals surface area contributed by atoms with Crippen molar-refractivity contribution in [1.82, 2.24) is 15.0 Å². The molecule has 0 atom stereocenters. The van der Waals surface area contributed by atoms with Crippen molar-refractivity contribution in [1.29, 1.82) is 0 Å². The molecule has 4 heteroatoms. The van der Waals surface area contributed by atoms with E-state index in [2.05, 4.69) is 127 Å². The van der Waals surface area contributed by atoms with Crippen molar-refractivity contribution < 1.29 is 4.42 Å². The van der Waals surface area contributed by atoms with Crippen LogP contribution in [0, 0.1) is 0 Å². The van der Waals surface area contributed by atoms with E-state index in [-0.39, 0.29) is 0 Å². The normalized spacial score (nSPS) is 11.8. The largest absolute Gasteiger partial charge is 0.456 e. The van der Waals surface area contributed by atoms with E-state index >= 15 is 0 Å². The summed E-state index contributed by atoms with van der Waals surface area (Å²) in [4.78, 5) is 15.3. The average molecular weight is 676 g/mol. The lowest BCUT2D eigenvalue weighted by Gasteiger charge is -2.10. The van der Waals surface area contributed by atoms with Gasteiger partial charge in [-0.1, -0.05) is 164 Å². The van der Waals surface area contributed by atoms with E-state index < -0.39 is 0 Å². The van der Waals surface area contributed by atoms with Crippen LogP contribution in [0.4, 0.5) is 0 Å². The summed E-state index contributed by atoms with van der Waals surface area (Å²) >= 11 is 0. The van der Waals surface area contributed by atoms with Crippen LogP contribution in [0.1, 0.15) is 0 Å². The van der Waals surface area contributed by atoms with Crippen LogP contribution in [0.2, 0.25) is 0 Å². The quantitative estimate of drug-likeness (QED) is 0.182. The first kappa shape index (κ1) is 29.5. The maximum Gasteiger partial charge on any atom is 0.164 e. The number of rotatable bonds is 5. The Labute approximate surface area is 305 Å². The van der Waals surface area contributed by atoms with E-state index in [0.717, 1.165) is 49.8 Å². The molecule has 246 valence electrons. The molecule has 0 saturated heterocycles. The molecule has 1 aliphatic carbocycles. The predicted octanol–water partition coefficient (Wildman–Crippen LogP) is 12.9. The molecule has 1 aliphatic rings. The Hall–Kier alpha value is -7.17. The minimum Gasteiger partial charge on any atom is -0.456 e.